The van der Waals surface area contributed by atoms with Crippen molar-refractivity contribution < 1.29 is 9.53 Å². The van der Waals surface area contributed by atoms with Crippen molar-refractivity contribution in [1.29, 1.82) is 0 Å². The summed E-state index contributed by atoms with van der Waals surface area (Å²) in [4.78, 5) is 14.9. The Bertz CT molecular complexity index is 414. The van der Waals surface area contributed by atoms with Crippen LogP contribution in [-0.4, -0.2) is 24.6 Å². The number of carbonyl (C=O) groups is 1. The Balaban J connectivity index is 2.67. The highest BCUT2D eigenvalue weighted by molar-refractivity contribution is 6.37. The molecule has 0 unspecified atom stereocenters. The van der Waals surface area contributed by atoms with Gasteiger partial charge in [-0.25, -0.2) is 10.8 Å². The summed E-state index contributed by atoms with van der Waals surface area (Å²) in [6.45, 7) is 0.352. The maximum Gasteiger partial charge on any atom is 0.307 e. The molecule has 94 valence electrons. The molecule has 8 heteroatoms. The van der Waals surface area contributed by atoms with Crippen molar-refractivity contribution in [1.82, 2.24) is 4.98 Å². The third-order valence-corrected chi connectivity index (χ3v) is 2.49. The van der Waals surface area contributed by atoms with Gasteiger partial charge in [-0.3, -0.25) is 4.79 Å². The number of hydrazine groups is 1. The summed E-state index contributed by atoms with van der Waals surface area (Å²) in [5, 5.41) is 3.54. The number of methoxy groups -OCH3 is 1. The number of pyridine rings is 1. The van der Waals surface area contributed by atoms with Gasteiger partial charge in [-0.1, -0.05) is 23.2 Å². The van der Waals surface area contributed by atoms with Gasteiger partial charge in [-0.05, 0) is 6.07 Å². The van der Waals surface area contributed by atoms with Crippen LogP contribution in [-0.2, 0) is 9.53 Å². The molecule has 0 aliphatic heterocycles. The van der Waals surface area contributed by atoms with Gasteiger partial charge < -0.3 is 15.5 Å². The standard InChI is InChI=1S/C9H12Cl2N4O2/c1-17-7(16)2-3-13-8-5(10)4-6(11)9(14-8)15-12/h4H,2-3,12H2,1H3,(H2,13,14,15). The van der Waals surface area contributed by atoms with E-state index in [-0.39, 0.29) is 12.4 Å². The zero-order valence-electron chi connectivity index (χ0n) is 9.09. The molecule has 0 amide bonds. The van der Waals surface area contributed by atoms with Crippen molar-refractivity contribution in [3.8, 4) is 0 Å². The second-order valence-electron chi connectivity index (χ2n) is 3.05. The predicted octanol–water partition coefficient (Wildman–Crippen LogP) is 1.65. The number of rotatable bonds is 5. The van der Waals surface area contributed by atoms with Gasteiger partial charge in [-0.2, -0.15) is 0 Å². The number of carbonyl (C=O) groups excluding carboxylic acids is 1. The normalized spacial score (nSPS) is 9.88. The summed E-state index contributed by atoms with van der Waals surface area (Å²) in [6, 6.07) is 1.51. The highest BCUT2D eigenvalue weighted by Gasteiger charge is 2.08. The Morgan fingerprint density at radius 2 is 2.12 bits per heavy atom. The molecular formula is C9H12Cl2N4O2. The molecule has 0 bridgehead atoms. The van der Waals surface area contributed by atoms with Crippen LogP contribution in [0, 0.1) is 0 Å². The highest BCUT2D eigenvalue weighted by atomic mass is 35.5. The van der Waals surface area contributed by atoms with E-state index in [2.05, 4.69) is 20.5 Å². The lowest BCUT2D eigenvalue weighted by atomic mass is 10.4. The third kappa shape index (κ3) is 3.92. The van der Waals surface area contributed by atoms with E-state index in [1.54, 1.807) is 0 Å². The van der Waals surface area contributed by atoms with Gasteiger partial charge in [0.05, 0.1) is 23.6 Å². The number of hydrogen-bond acceptors (Lipinski definition) is 6. The Morgan fingerprint density at radius 1 is 1.47 bits per heavy atom. The molecule has 1 aromatic rings. The fourth-order valence-corrected chi connectivity index (χ4v) is 1.56. The lowest BCUT2D eigenvalue weighted by Gasteiger charge is -2.10. The molecule has 0 radical (unpaired) electrons. The van der Waals surface area contributed by atoms with Crippen LogP contribution in [0.4, 0.5) is 11.6 Å². The summed E-state index contributed by atoms with van der Waals surface area (Å²) in [7, 11) is 1.33. The van der Waals surface area contributed by atoms with E-state index >= 15 is 0 Å². The number of esters is 1. The lowest BCUT2D eigenvalue weighted by Crippen LogP contribution is -2.13. The van der Waals surface area contributed by atoms with E-state index in [9.17, 15) is 4.79 Å². The maximum absolute atomic E-state index is 10.9. The highest BCUT2D eigenvalue weighted by Crippen LogP contribution is 2.28. The summed E-state index contributed by atoms with van der Waals surface area (Å²) in [5.74, 6) is 5.61. The quantitative estimate of drug-likeness (QED) is 0.431. The number of halogens is 2. The van der Waals surface area contributed by atoms with Crippen molar-refractivity contribution >= 4 is 40.8 Å². The van der Waals surface area contributed by atoms with Crippen molar-refractivity contribution in [3.05, 3.63) is 16.1 Å². The second kappa shape index (κ2) is 6.48. The SMILES string of the molecule is COC(=O)CCNc1nc(NN)c(Cl)cc1Cl. The van der Waals surface area contributed by atoms with Gasteiger partial charge in [0.25, 0.3) is 0 Å². The van der Waals surface area contributed by atoms with Gasteiger partial charge >= 0.3 is 5.97 Å². The molecule has 6 nitrogen and oxygen atoms in total. The van der Waals surface area contributed by atoms with Crippen LogP contribution in [0.1, 0.15) is 6.42 Å². The molecule has 0 aliphatic rings. The Kier molecular flexibility index (Phi) is 5.27. The summed E-state index contributed by atoms with van der Waals surface area (Å²) < 4.78 is 4.50. The maximum atomic E-state index is 10.9. The average Bonchev–Trinajstić information content (AvgIpc) is 2.31. The number of hydrogen-bond donors (Lipinski definition) is 3. The molecule has 17 heavy (non-hydrogen) atoms. The minimum atomic E-state index is -0.320. The zero-order valence-corrected chi connectivity index (χ0v) is 10.6. The summed E-state index contributed by atoms with van der Waals surface area (Å²) >= 11 is 11.7. The smallest absolute Gasteiger partial charge is 0.307 e. The largest absolute Gasteiger partial charge is 0.469 e. The van der Waals surface area contributed by atoms with Crippen LogP contribution in [0.15, 0.2) is 6.07 Å². The van der Waals surface area contributed by atoms with E-state index in [0.29, 0.717) is 28.2 Å². The number of ether oxygens (including phenoxy) is 1. The monoisotopic (exact) mass is 278 g/mol. The Hall–Kier alpha value is -1.24. The van der Waals surface area contributed by atoms with E-state index in [0.717, 1.165) is 0 Å². The first kappa shape index (κ1) is 13.8. The molecular weight excluding hydrogens is 267 g/mol. The molecule has 0 fully saturated rings. The zero-order chi connectivity index (χ0) is 12.8. The van der Waals surface area contributed by atoms with Crippen molar-refractivity contribution in [2.45, 2.75) is 6.42 Å². The minimum absolute atomic E-state index is 0.211. The first-order valence-electron chi connectivity index (χ1n) is 4.71. The predicted molar refractivity (Wildman–Crippen MR) is 67.2 cm³/mol. The first-order valence-corrected chi connectivity index (χ1v) is 5.47. The summed E-state index contributed by atoms with van der Waals surface area (Å²) in [6.07, 6.45) is 0.211. The first-order chi connectivity index (χ1) is 8.08. The number of anilines is 2. The minimum Gasteiger partial charge on any atom is -0.469 e. The van der Waals surface area contributed by atoms with E-state index in [1.807, 2.05) is 0 Å². The van der Waals surface area contributed by atoms with E-state index in [1.165, 1.54) is 13.2 Å². The lowest BCUT2D eigenvalue weighted by molar-refractivity contribution is -0.140. The molecule has 0 saturated carbocycles. The topological polar surface area (TPSA) is 89.3 Å². The molecule has 4 N–H and O–H groups in total. The van der Waals surface area contributed by atoms with Crippen LogP contribution in [0.25, 0.3) is 0 Å². The second-order valence-corrected chi connectivity index (χ2v) is 3.86. The molecule has 0 aliphatic carbocycles. The van der Waals surface area contributed by atoms with Crippen LogP contribution in [0.5, 0.6) is 0 Å². The summed E-state index contributed by atoms with van der Waals surface area (Å²) in [5.41, 5.74) is 2.34. The van der Waals surface area contributed by atoms with Crippen LogP contribution < -0.4 is 16.6 Å². The molecule has 0 atom stereocenters. The van der Waals surface area contributed by atoms with Crippen LogP contribution >= 0.6 is 23.2 Å². The van der Waals surface area contributed by atoms with E-state index < -0.39 is 0 Å². The number of nitrogens with zero attached hydrogens (tertiary/aromatic N) is 1. The number of nitrogens with one attached hydrogen (secondary N) is 2. The third-order valence-electron chi connectivity index (χ3n) is 1.92. The molecule has 0 saturated heterocycles. The molecule has 0 aromatic carbocycles. The fourth-order valence-electron chi connectivity index (χ4n) is 1.08. The molecule has 1 rings (SSSR count). The van der Waals surface area contributed by atoms with Gasteiger partial charge in [0.2, 0.25) is 0 Å². The number of nitrogen functional groups attached to an aromatic ring is 1. The fraction of sp³-hybridized carbons (Fsp3) is 0.333. The molecule has 0 spiro atoms. The number of nitrogens with two attached hydrogens (primary N) is 1. The van der Waals surface area contributed by atoms with Gasteiger partial charge in [0, 0.05) is 6.54 Å². The van der Waals surface area contributed by atoms with Gasteiger partial charge in [0.1, 0.15) is 5.82 Å². The Morgan fingerprint density at radius 3 is 2.71 bits per heavy atom. The number of aromatic nitrogens is 1. The van der Waals surface area contributed by atoms with Crippen molar-refractivity contribution in [2.75, 3.05) is 24.4 Å². The van der Waals surface area contributed by atoms with E-state index in [4.69, 9.17) is 29.0 Å². The average molecular weight is 279 g/mol. The van der Waals surface area contributed by atoms with Crippen molar-refractivity contribution in [3.63, 3.8) is 0 Å². The van der Waals surface area contributed by atoms with Crippen LogP contribution in [0.3, 0.4) is 0 Å². The van der Waals surface area contributed by atoms with Gasteiger partial charge in [0.15, 0.2) is 5.82 Å². The molecule has 1 aromatic heterocycles. The van der Waals surface area contributed by atoms with Crippen LogP contribution in [0.2, 0.25) is 10.0 Å². The van der Waals surface area contributed by atoms with Gasteiger partial charge in [-0.15, -0.1) is 0 Å². The Labute approximate surface area is 108 Å². The van der Waals surface area contributed by atoms with Crippen molar-refractivity contribution in [2.24, 2.45) is 5.84 Å². The molecule has 1 heterocycles.